The molecule has 5 nitrogen and oxygen atoms in total. The second-order valence-corrected chi connectivity index (χ2v) is 4.97. The summed E-state index contributed by atoms with van der Waals surface area (Å²) in [6, 6.07) is 0.132. The Morgan fingerprint density at radius 1 is 1.42 bits per heavy atom. The Kier molecular flexibility index (Phi) is 6.56. The number of aryl methyl sites for hydroxylation is 1. The van der Waals surface area contributed by atoms with Crippen molar-refractivity contribution in [1.29, 1.82) is 0 Å². The second kappa shape index (κ2) is 7.94. The summed E-state index contributed by atoms with van der Waals surface area (Å²) < 4.78 is 1.79. The van der Waals surface area contributed by atoms with E-state index in [1.165, 1.54) is 5.56 Å². The quantitative estimate of drug-likeness (QED) is 0.744. The van der Waals surface area contributed by atoms with Gasteiger partial charge in [-0.1, -0.05) is 13.8 Å². The first-order valence-electron chi connectivity index (χ1n) is 7.08. The molecular weight excluding hydrogens is 240 g/mol. The molecule has 0 bridgehead atoms. The van der Waals surface area contributed by atoms with Crippen LogP contribution >= 0.6 is 0 Å². The lowest BCUT2D eigenvalue weighted by molar-refractivity contribution is -0.123. The van der Waals surface area contributed by atoms with Crippen molar-refractivity contribution in [2.45, 2.75) is 52.1 Å². The van der Waals surface area contributed by atoms with Crippen LogP contribution in [0, 0.1) is 0 Å². The molecule has 1 aromatic rings. The number of aromatic nitrogens is 2. The normalized spacial score (nSPS) is 12.7. The molecule has 0 radical (unpaired) electrons. The molecule has 19 heavy (non-hydrogen) atoms. The van der Waals surface area contributed by atoms with Gasteiger partial charge < -0.3 is 10.6 Å². The molecule has 1 heterocycles. The Morgan fingerprint density at radius 3 is 2.63 bits per heavy atom. The Labute approximate surface area is 115 Å². The minimum absolute atomic E-state index is 0.0832. The van der Waals surface area contributed by atoms with Gasteiger partial charge >= 0.3 is 0 Å². The van der Waals surface area contributed by atoms with Crippen LogP contribution in [0.15, 0.2) is 12.4 Å². The first-order chi connectivity index (χ1) is 9.06. The van der Waals surface area contributed by atoms with Gasteiger partial charge in [0.2, 0.25) is 5.91 Å². The lowest BCUT2D eigenvalue weighted by atomic mass is 10.1. The van der Waals surface area contributed by atoms with Gasteiger partial charge in [-0.25, -0.2) is 0 Å². The molecule has 0 saturated heterocycles. The van der Waals surface area contributed by atoms with Crippen molar-refractivity contribution < 1.29 is 4.79 Å². The number of carbonyl (C=O) groups is 1. The van der Waals surface area contributed by atoms with E-state index < -0.39 is 0 Å². The van der Waals surface area contributed by atoms with Gasteiger partial charge in [-0.05, 0) is 31.7 Å². The van der Waals surface area contributed by atoms with Crippen molar-refractivity contribution in [3.63, 3.8) is 0 Å². The molecule has 2 N–H and O–H groups in total. The van der Waals surface area contributed by atoms with E-state index in [0.717, 1.165) is 25.8 Å². The van der Waals surface area contributed by atoms with Crippen LogP contribution in [0.4, 0.5) is 0 Å². The second-order valence-electron chi connectivity index (χ2n) is 4.97. The monoisotopic (exact) mass is 266 g/mol. The summed E-state index contributed by atoms with van der Waals surface area (Å²) in [6.07, 6.45) is 6.69. The molecule has 0 aromatic carbocycles. The van der Waals surface area contributed by atoms with Gasteiger partial charge in [0.05, 0.1) is 12.2 Å². The van der Waals surface area contributed by atoms with Crippen molar-refractivity contribution in [1.82, 2.24) is 20.4 Å². The summed E-state index contributed by atoms with van der Waals surface area (Å²) >= 11 is 0. The fourth-order valence-electron chi connectivity index (χ4n) is 1.95. The highest BCUT2D eigenvalue weighted by molar-refractivity contribution is 5.81. The van der Waals surface area contributed by atoms with Crippen LogP contribution in [-0.2, 0) is 18.3 Å². The molecule has 1 atom stereocenters. The summed E-state index contributed by atoms with van der Waals surface area (Å²) in [5, 5.41) is 10.4. The maximum atomic E-state index is 11.9. The van der Waals surface area contributed by atoms with Gasteiger partial charge in [-0.15, -0.1) is 0 Å². The van der Waals surface area contributed by atoms with E-state index in [2.05, 4.69) is 29.6 Å². The van der Waals surface area contributed by atoms with Crippen LogP contribution < -0.4 is 10.6 Å². The third kappa shape index (κ3) is 5.42. The highest BCUT2D eigenvalue weighted by atomic mass is 16.2. The molecule has 0 saturated carbocycles. The SMILES string of the molecule is CCC(CC)NC(=O)C(C)NCCc1cnn(C)c1. The zero-order valence-electron chi connectivity index (χ0n) is 12.4. The van der Waals surface area contributed by atoms with Gasteiger partial charge in [-0.3, -0.25) is 9.48 Å². The largest absolute Gasteiger partial charge is 0.352 e. The van der Waals surface area contributed by atoms with E-state index in [4.69, 9.17) is 0 Å². The molecule has 0 aliphatic rings. The van der Waals surface area contributed by atoms with E-state index in [1.54, 1.807) is 4.68 Å². The number of rotatable bonds is 8. The molecule has 1 unspecified atom stereocenters. The van der Waals surface area contributed by atoms with Crippen LogP contribution in [0.25, 0.3) is 0 Å². The van der Waals surface area contributed by atoms with Gasteiger partial charge in [0.1, 0.15) is 0 Å². The van der Waals surface area contributed by atoms with Crippen LogP contribution in [0.1, 0.15) is 39.2 Å². The number of amides is 1. The molecule has 1 amide bonds. The molecular formula is C14H26N4O. The molecule has 0 spiro atoms. The molecule has 108 valence electrons. The molecule has 0 fully saturated rings. The summed E-state index contributed by atoms with van der Waals surface area (Å²) in [7, 11) is 1.91. The molecule has 1 aromatic heterocycles. The number of nitrogens with zero attached hydrogens (tertiary/aromatic N) is 2. The lowest BCUT2D eigenvalue weighted by Gasteiger charge is -2.19. The van der Waals surface area contributed by atoms with E-state index >= 15 is 0 Å². The number of hydrogen-bond acceptors (Lipinski definition) is 3. The summed E-state index contributed by atoms with van der Waals surface area (Å²) in [4.78, 5) is 11.9. The van der Waals surface area contributed by atoms with Gasteiger partial charge in [0, 0.05) is 25.8 Å². The fraction of sp³-hybridized carbons (Fsp3) is 0.714. The first-order valence-corrected chi connectivity index (χ1v) is 7.08. The highest BCUT2D eigenvalue weighted by Gasteiger charge is 2.14. The number of nitrogens with one attached hydrogen (secondary N) is 2. The molecule has 0 aliphatic heterocycles. The Bertz CT molecular complexity index is 385. The van der Waals surface area contributed by atoms with E-state index in [9.17, 15) is 4.79 Å². The molecule has 0 aliphatic carbocycles. The van der Waals surface area contributed by atoms with E-state index in [1.807, 2.05) is 26.4 Å². The van der Waals surface area contributed by atoms with Gasteiger partial charge in [0.25, 0.3) is 0 Å². The summed E-state index contributed by atoms with van der Waals surface area (Å²) in [5.41, 5.74) is 1.18. The molecule has 1 rings (SSSR count). The van der Waals surface area contributed by atoms with Crippen LogP contribution in [0.2, 0.25) is 0 Å². The minimum atomic E-state index is -0.155. The zero-order chi connectivity index (χ0) is 14.3. The first kappa shape index (κ1) is 15.7. The standard InChI is InChI=1S/C14H26N4O/c1-5-13(6-2)17-14(19)11(3)15-8-7-12-9-16-18(4)10-12/h9-11,13,15H,5-8H2,1-4H3,(H,17,19). The number of carbonyl (C=O) groups excluding carboxylic acids is 1. The molecule has 5 heteroatoms. The maximum absolute atomic E-state index is 11.9. The Hall–Kier alpha value is -1.36. The third-order valence-electron chi connectivity index (χ3n) is 3.35. The van der Waals surface area contributed by atoms with Gasteiger partial charge in [0.15, 0.2) is 0 Å². The van der Waals surface area contributed by atoms with Crippen molar-refractivity contribution in [3.8, 4) is 0 Å². The Morgan fingerprint density at radius 2 is 2.11 bits per heavy atom. The predicted octanol–water partition coefficient (Wildman–Crippen LogP) is 1.25. The summed E-state index contributed by atoms with van der Waals surface area (Å²) in [5.74, 6) is 0.0832. The maximum Gasteiger partial charge on any atom is 0.237 e. The Balaban J connectivity index is 2.26. The third-order valence-corrected chi connectivity index (χ3v) is 3.35. The van der Waals surface area contributed by atoms with Crippen molar-refractivity contribution in [2.75, 3.05) is 6.54 Å². The topological polar surface area (TPSA) is 59.0 Å². The van der Waals surface area contributed by atoms with Crippen LogP contribution in [0.3, 0.4) is 0 Å². The van der Waals surface area contributed by atoms with Crippen molar-refractivity contribution in [2.24, 2.45) is 7.05 Å². The van der Waals surface area contributed by atoms with E-state index in [-0.39, 0.29) is 18.0 Å². The smallest absolute Gasteiger partial charge is 0.237 e. The van der Waals surface area contributed by atoms with Gasteiger partial charge in [-0.2, -0.15) is 5.10 Å². The lowest BCUT2D eigenvalue weighted by Crippen LogP contribution is -2.46. The van der Waals surface area contributed by atoms with Crippen LogP contribution in [0.5, 0.6) is 0 Å². The van der Waals surface area contributed by atoms with Crippen molar-refractivity contribution >= 4 is 5.91 Å². The predicted molar refractivity (Wildman–Crippen MR) is 76.9 cm³/mol. The summed E-state index contributed by atoms with van der Waals surface area (Å²) in [6.45, 7) is 6.87. The highest BCUT2D eigenvalue weighted by Crippen LogP contribution is 1.98. The van der Waals surface area contributed by atoms with Crippen molar-refractivity contribution in [3.05, 3.63) is 18.0 Å². The average molecular weight is 266 g/mol. The number of hydrogen-bond donors (Lipinski definition) is 2. The average Bonchev–Trinajstić information content (AvgIpc) is 2.81. The fourth-order valence-corrected chi connectivity index (χ4v) is 1.95. The van der Waals surface area contributed by atoms with E-state index in [0.29, 0.717) is 0 Å². The van der Waals surface area contributed by atoms with Crippen LogP contribution in [-0.4, -0.2) is 34.3 Å². The zero-order valence-corrected chi connectivity index (χ0v) is 12.4. The minimum Gasteiger partial charge on any atom is -0.352 e.